The van der Waals surface area contributed by atoms with Gasteiger partial charge in [0.2, 0.25) is 0 Å². The van der Waals surface area contributed by atoms with E-state index in [0.29, 0.717) is 5.41 Å². The Balaban J connectivity index is 0.00000147. The van der Waals surface area contributed by atoms with Crippen LogP contribution < -0.4 is 0 Å². The average Bonchev–Trinajstić information content (AvgIpc) is 2.85. The number of benzene rings is 1. The van der Waals surface area contributed by atoms with Gasteiger partial charge >= 0.3 is 0 Å². The zero-order chi connectivity index (χ0) is 13.5. The largest absolute Gasteiger partial charge is 0.358 e. The molecule has 0 fully saturated rings. The molecule has 1 heteroatoms. The molecule has 3 rings (SSSR count). The van der Waals surface area contributed by atoms with Gasteiger partial charge in [0.15, 0.2) is 0 Å². The SMILES string of the molecule is CCCCC[c-]1ccc2cc3c(cc21)CC(C)(C)C3.[CH3-].[CH3-].[Hf]. The standard InChI is InChI=1S/C19H25.2CH3.Hf/c1-4-5-6-7-14-8-9-15-10-16-12-19(2,3)13-17(16)11-18(14)15;;;/h8-11H,4-7,12-13H2,1-3H3;2*1H3;/q3*-1;. The molecule has 0 N–H and O–H groups in total. The molecule has 0 aliphatic heterocycles. The van der Waals surface area contributed by atoms with Crippen LogP contribution in [-0.2, 0) is 45.1 Å². The van der Waals surface area contributed by atoms with E-state index in [9.17, 15) is 0 Å². The van der Waals surface area contributed by atoms with Crippen molar-refractivity contribution in [1.29, 1.82) is 0 Å². The normalized spacial score (nSPS) is 14.7. The Morgan fingerprint density at radius 2 is 1.68 bits per heavy atom. The third-order valence-electron chi connectivity index (χ3n) is 4.57. The van der Waals surface area contributed by atoms with Crippen LogP contribution in [0.5, 0.6) is 0 Å². The van der Waals surface area contributed by atoms with E-state index in [1.807, 2.05) is 0 Å². The quantitative estimate of drug-likeness (QED) is 0.284. The number of hydrogen-bond donors (Lipinski definition) is 0. The summed E-state index contributed by atoms with van der Waals surface area (Å²) >= 11 is 0. The molecule has 0 heterocycles. The molecule has 1 aliphatic rings. The minimum atomic E-state index is 0. The number of aryl methyl sites for hydroxylation is 1. The molecule has 122 valence electrons. The zero-order valence-corrected chi connectivity index (χ0v) is 18.6. The average molecular weight is 462 g/mol. The zero-order valence-electron chi connectivity index (χ0n) is 15.1. The molecule has 2 aromatic rings. The minimum Gasteiger partial charge on any atom is -0.358 e. The van der Waals surface area contributed by atoms with Crippen molar-refractivity contribution in [2.75, 3.05) is 0 Å². The van der Waals surface area contributed by atoms with Crippen molar-refractivity contribution in [3.05, 3.63) is 55.8 Å². The maximum atomic E-state index is 2.49. The van der Waals surface area contributed by atoms with E-state index in [1.165, 1.54) is 49.3 Å². The fraction of sp³-hybridized carbons (Fsp3) is 0.476. The van der Waals surface area contributed by atoms with E-state index in [4.69, 9.17) is 0 Å². The summed E-state index contributed by atoms with van der Waals surface area (Å²) in [6.45, 7) is 7.05. The predicted octanol–water partition coefficient (Wildman–Crippen LogP) is 6.31. The first-order valence-corrected chi connectivity index (χ1v) is 7.79. The number of hydrogen-bond acceptors (Lipinski definition) is 0. The molecule has 0 unspecified atom stereocenters. The molecule has 1 aliphatic carbocycles. The maximum Gasteiger partial charge on any atom is 0 e. The van der Waals surface area contributed by atoms with Gasteiger partial charge in [0.05, 0.1) is 0 Å². The number of rotatable bonds is 4. The molecule has 0 bridgehead atoms. The topological polar surface area (TPSA) is 0 Å². The fourth-order valence-electron chi connectivity index (χ4n) is 3.61. The van der Waals surface area contributed by atoms with Gasteiger partial charge in [0, 0.05) is 25.8 Å². The van der Waals surface area contributed by atoms with Crippen molar-refractivity contribution in [2.45, 2.75) is 59.3 Å². The van der Waals surface area contributed by atoms with Crippen molar-refractivity contribution in [2.24, 2.45) is 5.41 Å². The van der Waals surface area contributed by atoms with Crippen LogP contribution in [-0.4, -0.2) is 0 Å². The van der Waals surface area contributed by atoms with E-state index < -0.39 is 0 Å². The molecule has 0 aromatic heterocycles. The van der Waals surface area contributed by atoms with Crippen LogP contribution >= 0.6 is 0 Å². The summed E-state index contributed by atoms with van der Waals surface area (Å²) in [4.78, 5) is 0. The van der Waals surface area contributed by atoms with Gasteiger partial charge in [-0.15, -0.1) is 34.5 Å². The van der Waals surface area contributed by atoms with Gasteiger partial charge in [0.1, 0.15) is 0 Å². The number of unbranched alkanes of at least 4 members (excludes halogenated alkanes) is 2. The summed E-state index contributed by atoms with van der Waals surface area (Å²) in [6.07, 6.45) is 7.73. The van der Waals surface area contributed by atoms with E-state index in [2.05, 4.69) is 45.0 Å². The van der Waals surface area contributed by atoms with Gasteiger partial charge < -0.3 is 14.9 Å². The summed E-state index contributed by atoms with van der Waals surface area (Å²) in [6, 6.07) is 9.60. The second kappa shape index (κ2) is 8.52. The summed E-state index contributed by atoms with van der Waals surface area (Å²) in [7, 11) is 0. The Hall–Kier alpha value is -0.300. The first-order chi connectivity index (χ1) is 9.09. The van der Waals surface area contributed by atoms with E-state index >= 15 is 0 Å². The Morgan fingerprint density at radius 1 is 1.05 bits per heavy atom. The van der Waals surface area contributed by atoms with E-state index in [0.717, 1.165) is 0 Å². The molecule has 0 atom stereocenters. The molecule has 2 aromatic carbocycles. The molecule has 0 amide bonds. The van der Waals surface area contributed by atoms with Gasteiger partial charge in [-0.2, -0.15) is 6.07 Å². The molecule has 22 heavy (non-hydrogen) atoms. The Bertz CT molecular complexity index is 589. The van der Waals surface area contributed by atoms with Crippen molar-refractivity contribution >= 4 is 10.8 Å². The first kappa shape index (κ1) is 21.7. The summed E-state index contributed by atoms with van der Waals surface area (Å²) in [5, 5.41) is 2.98. The molecule has 0 saturated carbocycles. The Kier molecular flexibility index (Phi) is 8.41. The summed E-state index contributed by atoms with van der Waals surface area (Å²) < 4.78 is 0. The third kappa shape index (κ3) is 4.37. The van der Waals surface area contributed by atoms with Crippen LogP contribution in [0.4, 0.5) is 0 Å². The maximum absolute atomic E-state index is 2.49. The fourth-order valence-corrected chi connectivity index (χ4v) is 3.61. The smallest absolute Gasteiger partial charge is 0 e. The van der Waals surface area contributed by atoms with Crippen LogP contribution in [0.3, 0.4) is 0 Å². The van der Waals surface area contributed by atoms with Crippen LogP contribution in [0.1, 0.15) is 56.7 Å². The van der Waals surface area contributed by atoms with Crippen LogP contribution in [0, 0.1) is 20.3 Å². The third-order valence-corrected chi connectivity index (χ3v) is 4.57. The second-order valence-corrected chi connectivity index (χ2v) is 7.04. The molecule has 0 radical (unpaired) electrons. The molecule has 0 nitrogen and oxygen atoms in total. The first-order valence-electron chi connectivity index (χ1n) is 7.79. The van der Waals surface area contributed by atoms with E-state index in [1.54, 1.807) is 16.7 Å². The van der Waals surface area contributed by atoms with Gasteiger partial charge in [-0.25, -0.2) is 0 Å². The van der Waals surface area contributed by atoms with Crippen LogP contribution in [0.15, 0.2) is 24.3 Å². The Labute approximate surface area is 156 Å². The van der Waals surface area contributed by atoms with Gasteiger partial charge in [0.25, 0.3) is 0 Å². The predicted molar refractivity (Wildman–Crippen MR) is 96.8 cm³/mol. The van der Waals surface area contributed by atoms with E-state index in [-0.39, 0.29) is 40.7 Å². The molecule has 0 saturated heterocycles. The molecular weight excluding hydrogens is 431 g/mol. The van der Waals surface area contributed by atoms with Gasteiger partial charge in [-0.3, -0.25) is 0 Å². The van der Waals surface area contributed by atoms with Crippen molar-refractivity contribution in [3.8, 4) is 0 Å². The summed E-state index contributed by atoms with van der Waals surface area (Å²) in [5.74, 6) is 0. The second-order valence-electron chi connectivity index (χ2n) is 7.04. The van der Waals surface area contributed by atoms with Crippen molar-refractivity contribution in [1.82, 2.24) is 0 Å². The van der Waals surface area contributed by atoms with Crippen molar-refractivity contribution in [3.63, 3.8) is 0 Å². The monoisotopic (exact) mass is 463 g/mol. The summed E-state index contributed by atoms with van der Waals surface area (Å²) in [5.41, 5.74) is 5.21. The van der Waals surface area contributed by atoms with Gasteiger partial charge in [-0.05, 0) is 18.3 Å². The van der Waals surface area contributed by atoms with Crippen molar-refractivity contribution < 1.29 is 25.8 Å². The van der Waals surface area contributed by atoms with Crippen LogP contribution in [0.25, 0.3) is 10.8 Å². The molecular formula is C21H31Hf-3. The number of fused-ring (bicyclic) bond motifs is 2. The Morgan fingerprint density at radius 3 is 2.32 bits per heavy atom. The van der Waals surface area contributed by atoms with Crippen LogP contribution in [0.2, 0.25) is 0 Å². The van der Waals surface area contributed by atoms with Gasteiger partial charge in [-0.1, -0.05) is 57.6 Å². The minimum absolute atomic E-state index is 0. The molecule has 0 spiro atoms.